The van der Waals surface area contributed by atoms with Gasteiger partial charge >= 0.3 is 0 Å². The molecule has 1 saturated heterocycles. The van der Waals surface area contributed by atoms with Gasteiger partial charge in [0, 0.05) is 30.7 Å². The maximum absolute atomic E-state index is 3.89. The monoisotopic (exact) mass is 266 g/mol. The second-order valence-corrected chi connectivity index (χ2v) is 7.68. The van der Waals surface area contributed by atoms with Gasteiger partial charge in [0.05, 0.1) is 0 Å². The van der Waals surface area contributed by atoms with E-state index in [0.717, 1.165) is 17.8 Å². The third-order valence-corrected chi connectivity index (χ3v) is 5.89. The van der Waals surface area contributed by atoms with Crippen molar-refractivity contribution in [1.29, 1.82) is 0 Å². The first kappa shape index (κ1) is 15.3. The molecule has 2 heteroatoms. The van der Waals surface area contributed by atoms with E-state index < -0.39 is 0 Å². The molecule has 1 heterocycles. The van der Waals surface area contributed by atoms with Gasteiger partial charge in [0.25, 0.3) is 0 Å². The number of hydrogen-bond acceptors (Lipinski definition) is 2. The van der Waals surface area contributed by atoms with Gasteiger partial charge in [0.1, 0.15) is 0 Å². The molecule has 0 amide bonds. The largest absolute Gasteiger partial charge is 0.308 e. The van der Waals surface area contributed by atoms with Crippen LogP contribution in [0.15, 0.2) is 0 Å². The predicted molar refractivity (Wildman–Crippen MR) is 83.4 cm³/mol. The number of rotatable bonds is 5. The number of piperazine rings is 1. The summed E-state index contributed by atoms with van der Waals surface area (Å²) in [4.78, 5) is 2.83. The summed E-state index contributed by atoms with van der Waals surface area (Å²) < 4.78 is 0. The lowest BCUT2D eigenvalue weighted by Crippen LogP contribution is -2.67. The summed E-state index contributed by atoms with van der Waals surface area (Å²) >= 11 is 0. The highest BCUT2D eigenvalue weighted by molar-refractivity contribution is 5.05. The van der Waals surface area contributed by atoms with Crippen LogP contribution in [0.3, 0.4) is 0 Å². The topological polar surface area (TPSA) is 15.3 Å². The molecule has 2 nitrogen and oxygen atoms in total. The van der Waals surface area contributed by atoms with E-state index in [1.54, 1.807) is 0 Å². The first-order chi connectivity index (χ1) is 8.89. The molecule has 1 aliphatic heterocycles. The highest BCUT2D eigenvalue weighted by Gasteiger charge is 2.47. The van der Waals surface area contributed by atoms with Crippen molar-refractivity contribution in [2.45, 2.75) is 78.4 Å². The van der Waals surface area contributed by atoms with Crippen LogP contribution in [0, 0.1) is 17.8 Å². The van der Waals surface area contributed by atoms with Crippen molar-refractivity contribution < 1.29 is 0 Å². The lowest BCUT2D eigenvalue weighted by molar-refractivity contribution is 0.00642. The summed E-state index contributed by atoms with van der Waals surface area (Å²) in [6.07, 6.45) is 4.15. The van der Waals surface area contributed by atoms with Crippen LogP contribution in [0.1, 0.15) is 60.8 Å². The Morgan fingerprint density at radius 3 is 2.32 bits per heavy atom. The van der Waals surface area contributed by atoms with Gasteiger partial charge in [-0.05, 0) is 44.4 Å². The van der Waals surface area contributed by atoms with Crippen LogP contribution in [0.4, 0.5) is 0 Å². The van der Waals surface area contributed by atoms with Crippen molar-refractivity contribution >= 4 is 0 Å². The van der Waals surface area contributed by atoms with E-state index >= 15 is 0 Å². The molecule has 0 aromatic carbocycles. The van der Waals surface area contributed by atoms with Crippen LogP contribution >= 0.6 is 0 Å². The fraction of sp³-hybridized carbons (Fsp3) is 1.00. The number of hydrogen-bond donors (Lipinski definition) is 1. The molecule has 2 aliphatic rings. The van der Waals surface area contributed by atoms with Gasteiger partial charge in [-0.1, -0.05) is 34.1 Å². The molecule has 112 valence electrons. The van der Waals surface area contributed by atoms with E-state index in [-0.39, 0.29) is 0 Å². The Morgan fingerprint density at radius 1 is 1.21 bits per heavy atom. The second kappa shape index (κ2) is 5.73. The van der Waals surface area contributed by atoms with Gasteiger partial charge in [0.2, 0.25) is 0 Å². The van der Waals surface area contributed by atoms with Gasteiger partial charge < -0.3 is 5.32 Å². The molecule has 4 unspecified atom stereocenters. The van der Waals surface area contributed by atoms with E-state index in [2.05, 4.69) is 51.8 Å². The maximum Gasteiger partial charge on any atom is 0.0309 e. The van der Waals surface area contributed by atoms with Crippen molar-refractivity contribution in [1.82, 2.24) is 10.2 Å². The minimum absolute atomic E-state index is 0.368. The van der Waals surface area contributed by atoms with Crippen LogP contribution in [-0.2, 0) is 0 Å². The third kappa shape index (κ3) is 3.16. The zero-order valence-electron chi connectivity index (χ0n) is 13.9. The van der Waals surface area contributed by atoms with E-state index in [9.17, 15) is 0 Å². The molecule has 0 bridgehead atoms. The molecule has 2 fully saturated rings. The molecule has 0 radical (unpaired) electrons. The van der Waals surface area contributed by atoms with Crippen LogP contribution in [0.5, 0.6) is 0 Å². The van der Waals surface area contributed by atoms with Crippen LogP contribution < -0.4 is 5.32 Å². The highest BCUT2D eigenvalue weighted by atomic mass is 15.3. The Kier molecular flexibility index (Phi) is 4.62. The zero-order chi connectivity index (χ0) is 14.2. The minimum atomic E-state index is 0.368. The van der Waals surface area contributed by atoms with E-state index in [1.807, 2.05) is 0 Å². The smallest absolute Gasteiger partial charge is 0.0309 e. The van der Waals surface area contributed by atoms with E-state index in [4.69, 9.17) is 0 Å². The minimum Gasteiger partial charge on any atom is -0.308 e. The fourth-order valence-corrected chi connectivity index (χ4v) is 3.73. The molecular formula is C17H34N2. The van der Waals surface area contributed by atoms with Crippen molar-refractivity contribution in [3.63, 3.8) is 0 Å². The van der Waals surface area contributed by atoms with Gasteiger partial charge in [-0.15, -0.1) is 0 Å². The molecule has 0 aromatic heterocycles. The molecule has 0 spiro atoms. The molecule has 2 rings (SSSR count). The summed E-state index contributed by atoms with van der Waals surface area (Å²) in [6, 6.07) is 1.41. The van der Waals surface area contributed by atoms with E-state index in [1.165, 1.54) is 32.4 Å². The second-order valence-electron chi connectivity index (χ2n) is 7.68. The standard InChI is InChI=1S/C17H34N2/c1-7-13(4)14(5)19-11-17(6,15-8-9-15)18-10-16(19)12(2)3/h12-16,18H,7-11H2,1-6H3. The summed E-state index contributed by atoms with van der Waals surface area (Å²) in [5, 5.41) is 3.89. The third-order valence-electron chi connectivity index (χ3n) is 5.89. The van der Waals surface area contributed by atoms with Crippen molar-refractivity contribution in [2.24, 2.45) is 17.8 Å². The van der Waals surface area contributed by atoms with Crippen LogP contribution in [0.25, 0.3) is 0 Å². The Bertz CT molecular complexity index is 298. The van der Waals surface area contributed by atoms with Gasteiger partial charge in [0.15, 0.2) is 0 Å². The van der Waals surface area contributed by atoms with Gasteiger partial charge in [-0.2, -0.15) is 0 Å². The van der Waals surface area contributed by atoms with Crippen LogP contribution in [0.2, 0.25) is 0 Å². The fourth-order valence-electron chi connectivity index (χ4n) is 3.73. The molecule has 1 aliphatic carbocycles. The zero-order valence-corrected chi connectivity index (χ0v) is 13.9. The first-order valence-electron chi connectivity index (χ1n) is 8.39. The van der Waals surface area contributed by atoms with Crippen LogP contribution in [-0.4, -0.2) is 35.6 Å². The SMILES string of the molecule is CCC(C)C(C)N1CC(C)(C2CC2)NCC1C(C)C. The highest BCUT2D eigenvalue weighted by Crippen LogP contribution is 2.42. The number of nitrogens with one attached hydrogen (secondary N) is 1. The molecule has 4 atom stereocenters. The normalized spacial score (nSPS) is 36.5. The van der Waals surface area contributed by atoms with Gasteiger partial charge in [-0.25, -0.2) is 0 Å². The summed E-state index contributed by atoms with van der Waals surface area (Å²) in [7, 11) is 0. The Labute approximate surface area is 120 Å². The summed E-state index contributed by atoms with van der Waals surface area (Å²) in [6.45, 7) is 16.8. The quantitative estimate of drug-likeness (QED) is 0.819. The predicted octanol–water partition coefficient (Wildman–Crippen LogP) is 3.52. The lowest BCUT2D eigenvalue weighted by Gasteiger charge is -2.51. The molecular weight excluding hydrogens is 232 g/mol. The van der Waals surface area contributed by atoms with Gasteiger partial charge in [-0.3, -0.25) is 4.90 Å². The molecule has 1 saturated carbocycles. The Balaban J connectivity index is 2.12. The molecule has 19 heavy (non-hydrogen) atoms. The average molecular weight is 266 g/mol. The number of nitrogens with zero attached hydrogens (tertiary/aromatic N) is 1. The van der Waals surface area contributed by atoms with Crippen molar-refractivity contribution in [3.05, 3.63) is 0 Å². The van der Waals surface area contributed by atoms with Crippen molar-refractivity contribution in [2.75, 3.05) is 13.1 Å². The van der Waals surface area contributed by atoms with E-state index in [0.29, 0.717) is 17.6 Å². The summed E-state index contributed by atoms with van der Waals surface area (Å²) in [5.41, 5.74) is 0.368. The molecule has 0 aromatic rings. The summed E-state index contributed by atoms with van der Waals surface area (Å²) in [5.74, 6) is 2.46. The lowest BCUT2D eigenvalue weighted by atomic mass is 9.85. The average Bonchev–Trinajstić information content (AvgIpc) is 3.21. The first-order valence-corrected chi connectivity index (χ1v) is 8.39. The Morgan fingerprint density at radius 2 is 1.84 bits per heavy atom. The van der Waals surface area contributed by atoms with Crippen molar-refractivity contribution in [3.8, 4) is 0 Å². The molecule has 1 N–H and O–H groups in total. The maximum atomic E-state index is 3.89. The Hall–Kier alpha value is -0.0800.